The zero-order chi connectivity index (χ0) is 28.5. The van der Waals surface area contributed by atoms with E-state index >= 15 is 0 Å². The first-order valence-corrected chi connectivity index (χ1v) is 13.0. The number of esters is 1. The van der Waals surface area contributed by atoms with Crippen LogP contribution < -0.4 is 30.3 Å². The molecule has 3 N–H and O–H groups in total. The van der Waals surface area contributed by atoms with Crippen molar-refractivity contribution in [2.75, 3.05) is 26.9 Å². The van der Waals surface area contributed by atoms with Crippen LogP contribution in [0.4, 0.5) is 4.79 Å². The number of carbonyl (C=O) groups is 3. The van der Waals surface area contributed by atoms with Gasteiger partial charge in [-0.25, -0.2) is 15.0 Å². The summed E-state index contributed by atoms with van der Waals surface area (Å²) in [5.74, 6) is 0.0400. The number of rotatable bonds is 11. The van der Waals surface area contributed by atoms with Gasteiger partial charge in [-0.2, -0.15) is 5.10 Å². The number of nitrogens with zero attached hydrogens (tertiary/aromatic N) is 1. The molecule has 0 unspecified atom stereocenters. The zero-order valence-electron chi connectivity index (χ0n) is 21.7. The molecular formula is C26H28BrClN4O7. The van der Waals surface area contributed by atoms with Crippen LogP contribution >= 0.6 is 27.5 Å². The van der Waals surface area contributed by atoms with Gasteiger partial charge in [0.2, 0.25) is 0 Å². The van der Waals surface area contributed by atoms with E-state index in [4.69, 9.17) is 30.5 Å². The van der Waals surface area contributed by atoms with Crippen LogP contribution in [0.25, 0.3) is 0 Å². The lowest BCUT2D eigenvalue weighted by Crippen LogP contribution is -2.45. The Kier molecular flexibility index (Phi) is 10.6. The third kappa shape index (κ3) is 7.64. The number of benzene rings is 2. The molecule has 0 saturated carbocycles. The van der Waals surface area contributed by atoms with Gasteiger partial charge in [-0.15, -0.1) is 0 Å². The Morgan fingerprint density at radius 2 is 1.92 bits per heavy atom. The largest absolute Gasteiger partial charge is 0.493 e. The third-order valence-electron chi connectivity index (χ3n) is 5.36. The molecule has 1 aliphatic rings. The van der Waals surface area contributed by atoms with E-state index in [1.165, 1.54) is 13.3 Å². The van der Waals surface area contributed by atoms with E-state index in [1.807, 2.05) is 6.92 Å². The second kappa shape index (κ2) is 13.9. The SMILES string of the molecule is CCOC(=O)C1=C(C)NC(=O)N[C@@H]1c1ccc(OCC(=O)N/N=C\c2cc(Cl)c(OCC)c(Br)c2)c(OC)c1. The maximum absolute atomic E-state index is 12.6. The van der Waals surface area contributed by atoms with Gasteiger partial charge in [0.15, 0.2) is 23.9 Å². The number of nitrogens with one attached hydrogen (secondary N) is 3. The number of methoxy groups -OCH3 is 1. The second-order valence-corrected chi connectivity index (χ2v) is 9.29. The van der Waals surface area contributed by atoms with Crippen LogP contribution in [0.15, 0.2) is 51.2 Å². The van der Waals surface area contributed by atoms with E-state index in [9.17, 15) is 14.4 Å². The number of allylic oxidation sites excluding steroid dienone is 1. The molecule has 0 fully saturated rings. The molecule has 1 heterocycles. The smallest absolute Gasteiger partial charge is 0.338 e. The summed E-state index contributed by atoms with van der Waals surface area (Å²) in [6.07, 6.45) is 1.43. The zero-order valence-corrected chi connectivity index (χ0v) is 24.1. The Bertz CT molecular complexity index is 1290. The molecular weight excluding hydrogens is 596 g/mol. The summed E-state index contributed by atoms with van der Waals surface area (Å²) in [6, 6.07) is 7.04. The van der Waals surface area contributed by atoms with Crippen LogP contribution in [-0.4, -0.2) is 51.1 Å². The predicted octanol–water partition coefficient (Wildman–Crippen LogP) is 4.23. The molecule has 1 aliphatic heterocycles. The van der Waals surface area contributed by atoms with Crippen molar-refractivity contribution < 1.29 is 33.3 Å². The molecule has 39 heavy (non-hydrogen) atoms. The molecule has 0 aromatic heterocycles. The van der Waals surface area contributed by atoms with Crippen molar-refractivity contribution in [1.82, 2.24) is 16.1 Å². The number of halogens is 2. The van der Waals surface area contributed by atoms with Gasteiger partial charge in [0.05, 0.1) is 47.6 Å². The summed E-state index contributed by atoms with van der Waals surface area (Å²) >= 11 is 9.63. The quantitative estimate of drug-likeness (QED) is 0.194. The van der Waals surface area contributed by atoms with Crippen molar-refractivity contribution in [3.63, 3.8) is 0 Å². The lowest BCUT2D eigenvalue weighted by atomic mass is 9.95. The molecule has 1 atom stereocenters. The first-order valence-electron chi connectivity index (χ1n) is 11.9. The average molecular weight is 624 g/mol. The fourth-order valence-corrected chi connectivity index (χ4v) is 4.69. The minimum Gasteiger partial charge on any atom is -0.493 e. The minimum atomic E-state index is -0.769. The summed E-state index contributed by atoms with van der Waals surface area (Å²) in [7, 11) is 1.44. The van der Waals surface area contributed by atoms with Gasteiger partial charge >= 0.3 is 12.0 Å². The van der Waals surface area contributed by atoms with Crippen molar-refractivity contribution >= 4 is 51.7 Å². The highest BCUT2D eigenvalue weighted by molar-refractivity contribution is 9.10. The molecule has 0 spiro atoms. The summed E-state index contributed by atoms with van der Waals surface area (Å²) < 4.78 is 22.3. The first kappa shape index (κ1) is 29.8. The van der Waals surface area contributed by atoms with E-state index in [0.717, 1.165) is 0 Å². The van der Waals surface area contributed by atoms with Crippen LogP contribution in [0, 0.1) is 0 Å². The van der Waals surface area contributed by atoms with Gasteiger partial charge in [-0.3, -0.25) is 4.79 Å². The Hall–Kier alpha value is -3.77. The van der Waals surface area contributed by atoms with E-state index in [2.05, 4.69) is 37.1 Å². The number of urea groups is 1. The molecule has 13 heteroatoms. The van der Waals surface area contributed by atoms with Crippen molar-refractivity contribution in [3.05, 3.63) is 62.2 Å². The summed E-state index contributed by atoms with van der Waals surface area (Å²) in [5, 5.41) is 9.64. The topological polar surface area (TPSA) is 137 Å². The molecule has 0 radical (unpaired) electrons. The van der Waals surface area contributed by atoms with Crippen LogP contribution in [0.1, 0.15) is 37.9 Å². The van der Waals surface area contributed by atoms with Crippen molar-refractivity contribution in [3.8, 4) is 17.2 Å². The maximum Gasteiger partial charge on any atom is 0.338 e. The van der Waals surface area contributed by atoms with E-state index < -0.39 is 23.9 Å². The van der Waals surface area contributed by atoms with Crippen LogP contribution in [0.5, 0.6) is 17.2 Å². The number of hydrazone groups is 1. The monoisotopic (exact) mass is 622 g/mol. The molecule has 3 amide bonds. The normalized spacial score (nSPS) is 14.9. The molecule has 2 aromatic carbocycles. The Balaban J connectivity index is 1.67. The maximum atomic E-state index is 12.6. The van der Waals surface area contributed by atoms with Gasteiger partial charge in [0.1, 0.15) is 0 Å². The second-order valence-electron chi connectivity index (χ2n) is 8.03. The number of hydrogen-bond acceptors (Lipinski definition) is 8. The van der Waals surface area contributed by atoms with Crippen LogP contribution in [-0.2, 0) is 14.3 Å². The predicted molar refractivity (Wildman–Crippen MR) is 148 cm³/mol. The highest BCUT2D eigenvalue weighted by Crippen LogP contribution is 2.35. The van der Waals surface area contributed by atoms with Gasteiger partial charge < -0.3 is 29.6 Å². The van der Waals surface area contributed by atoms with Crippen LogP contribution in [0.2, 0.25) is 5.02 Å². The lowest BCUT2D eigenvalue weighted by Gasteiger charge is -2.28. The fraction of sp³-hybridized carbons (Fsp3) is 0.308. The highest BCUT2D eigenvalue weighted by Gasteiger charge is 2.32. The number of ether oxygens (including phenoxy) is 4. The van der Waals surface area contributed by atoms with Crippen molar-refractivity contribution in [1.29, 1.82) is 0 Å². The van der Waals surface area contributed by atoms with Gasteiger partial charge in [0.25, 0.3) is 5.91 Å². The van der Waals surface area contributed by atoms with E-state index in [0.29, 0.717) is 44.4 Å². The van der Waals surface area contributed by atoms with Crippen LogP contribution in [0.3, 0.4) is 0 Å². The van der Waals surface area contributed by atoms with Crippen molar-refractivity contribution in [2.45, 2.75) is 26.8 Å². The average Bonchev–Trinajstić information content (AvgIpc) is 2.89. The van der Waals surface area contributed by atoms with Gasteiger partial charge in [0, 0.05) is 5.70 Å². The molecule has 0 saturated heterocycles. The first-order chi connectivity index (χ1) is 18.7. The molecule has 11 nitrogen and oxygen atoms in total. The van der Waals surface area contributed by atoms with Gasteiger partial charge in [-0.1, -0.05) is 17.7 Å². The Morgan fingerprint density at radius 3 is 2.59 bits per heavy atom. The number of amides is 3. The molecule has 0 bridgehead atoms. The van der Waals surface area contributed by atoms with E-state index in [-0.39, 0.29) is 24.5 Å². The third-order valence-corrected chi connectivity index (χ3v) is 6.23. The van der Waals surface area contributed by atoms with Crippen molar-refractivity contribution in [2.24, 2.45) is 5.10 Å². The summed E-state index contributed by atoms with van der Waals surface area (Å²) in [4.78, 5) is 36.9. The molecule has 208 valence electrons. The standard InChI is InChI=1S/C26H28BrClN4O7/c1-5-37-24-17(27)9-15(10-18(24)28)12-29-32-21(33)13-39-19-8-7-16(11-20(19)36-4)23-22(25(34)38-6-2)14(3)30-26(35)31-23/h7-12,23H,5-6,13H2,1-4H3,(H,32,33)(H2,30,31,35)/b29-12-/t23-/m1/s1. The number of hydrogen-bond donors (Lipinski definition) is 3. The summed E-state index contributed by atoms with van der Waals surface area (Å²) in [6.45, 7) is 5.48. The lowest BCUT2D eigenvalue weighted by molar-refractivity contribution is -0.139. The van der Waals surface area contributed by atoms with Gasteiger partial charge in [-0.05, 0) is 72.1 Å². The molecule has 0 aliphatic carbocycles. The minimum absolute atomic E-state index is 0.185. The highest BCUT2D eigenvalue weighted by atomic mass is 79.9. The molecule has 3 rings (SSSR count). The van der Waals surface area contributed by atoms with E-state index in [1.54, 1.807) is 44.2 Å². The Morgan fingerprint density at radius 1 is 1.15 bits per heavy atom. The Labute approximate surface area is 239 Å². The summed E-state index contributed by atoms with van der Waals surface area (Å²) in [5.41, 5.74) is 4.24. The fourth-order valence-electron chi connectivity index (χ4n) is 3.70. The molecule has 2 aromatic rings. The number of carbonyl (C=O) groups excluding carboxylic acids is 3.